The number of nitrogens with two attached hydrogens (primary N) is 1. The van der Waals surface area contributed by atoms with Crippen LogP contribution in [-0.4, -0.2) is 27.5 Å². The summed E-state index contributed by atoms with van der Waals surface area (Å²) >= 11 is 0. The van der Waals surface area contributed by atoms with Crippen molar-refractivity contribution in [2.75, 3.05) is 0 Å². The third kappa shape index (κ3) is 3.15. The highest BCUT2D eigenvalue weighted by molar-refractivity contribution is 7.89. The Hall–Kier alpha value is -2.66. The lowest BCUT2D eigenvalue weighted by atomic mass is 10.3. The molecule has 0 aliphatic heterocycles. The number of aromatic nitrogens is 4. The Morgan fingerprint density at radius 2 is 1.88 bits per heavy atom. The number of sulfonamides is 1. The van der Waals surface area contributed by atoms with Crippen LogP contribution >= 0.6 is 0 Å². The number of nitrogens with zero attached hydrogens (tertiary/aromatic N) is 4. The fourth-order valence-corrected chi connectivity index (χ4v) is 3.08. The molecule has 0 saturated heterocycles. The first-order valence-corrected chi connectivity index (χ1v) is 8.39. The molecule has 0 aliphatic carbocycles. The predicted molar refractivity (Wildman–Crippen MR) is 82.1 cm³/mol. The van der Waals surface area contributed by atoms with Crippen molar-refractivity contribution in [2.45, 2.75) is 11.1 Å². The van der Waals surface area contributed by atoms with Crippen molar-refractivity contribution < 1.29 is 21.6 Å². The van der Waals surface area contributed by atoms with Crippen LogP contribution in [0, 0.1) is 0 Å². The average Bonchev–Trinajstić information content (AvgIpc) is 3.11. The molecule has 3 aromatic rings. The van der Waals surface area contributed by atoms with Crippen molar-refractivity contribution in [2.24, 2.45) is 12.2 Å². The predicted octanol–water partition coefficient (Wildman–Crippen LogP) is 1.94. The zero-order chi connectivity index (χ0) is 18.4. The molecule has 132 valence electrons. The molecule has 0 bridgehead atoms. The van der Waals surface area contributed by atoms with Gasteiger partial charge in [0.1, 0.15) is 10.6 Å². The van der Waals surface area contributed by atoms with E-state index in [1.165, 1.54) is 41.4 Å². The molecular weight excluding hydrogens is 359 g/mol. The zero-order valence-electron chi connectivity index (χ0n) is 12.8. The summed E-state index contributed by atoms with van der Waals surface area (Å²) in [5.41, 5.74) is -0.920. The van der Waals surface area contributed by atoms with Gasteiger partial charge >= 0.3 is 6.18 Å². The maximum absolute atomic E-state index is 13.1. The zero-order valence-corrected chi connectivity index (χ0v) is 13.6. The van der Waals surface area contributed by atoms with E-state index >= 15 is 0 Å². The van der Waals surface area contributed by atoms with Gasteiger partial charge in [0.25, 0.3) is 0 Å². The first-order valence-electron chi connectivity index (χ1n) is 6.84. The van der Waals surface area contributed by atoms with Crippen molar-refractivity contribution in [3.05, 3.63) is 48.7 Å². The first-order chi connectivity index (χ1) is 11.6. The maximum atomic E-state index is 13.1. The Morgan fingerprint density at radius 3 is 2.44 bits per heavy atom. The third-order valence-electron chi connectivity index (χ3n) is 3.47. The van der Waals surface area contributed by atoms with Gasteiger partial charge in [0, 0.05) is 13.2 Å². The molecule has 2 N–H and O–H groups in total. The molecule has 0 radical (unpaired) electrons. The van der Waals surface area contributed by atoms with Crippen LogP contribution in [0.25, 0.3) is 17.2 Å². The van der Waals surface area contributed by atoms with E-state index < -0.39 is 21.9 Å². The molecule has 1 aromatic carbocycles. The van der Waals surface area contributed by atoms with Crippen LogP contribution in [0.2, 0.25) is 0 Å². The van der Waals surface area contributed by atoms with Gasteiger partial charge in [-0.25, -0.2) is 23.5 Å². The molecule has 11 heteroatoms. The molecule has 0 fully saturated rings. The molecule has 0 saturated carbocycles. The number of aryl methyl sites for hydroxylation is 1. The summed E-state index contributed by atoms with van der Waals surface area (Å²) in [6, 6.07) is 5.48. The average molecular weight is 371 g/mol. The van der Waals surface area contributed by atoms with Gasteiger partial charge in [-0.05, 0) is 12.1 Å². The Bertz CT molecular complexity index is 1040. The van der Waals surface area contributed by atoms with Gasteiger partial charge in [0.15, 0.2) is 11.5 Å². The minimum atomic E-state index is -4.70. The summed E-state index contributed by atoms with van der Waals surface area (Å²) in [5.74, 6) is -0.108. The topological polar surface area (TPSA) is 95.8 Å². The lowest BCUT2D eigenvalue weighted by molar-refractivity contribution is -0.140. The summed E-state index contributed by atoms with van der Waals surface area (Å²) in [4.78, 5) is 7.17. The number of halogens is 3. The summed E-state index contributed by atoms with van der Waals surface area (Å²) in [5, 5.41) is 5.18. The van der Waals surface area contributed by atoms with Gasteiger partial charge in [-0.1, -0.05) is 12.1 Å². The number of rotatable bonds is 3. The quantitative estimate of drug-likeness (QED) is 0.761. The lowest BCUT2D eigenvalue weighted by Crippen LogP contribution is -2.15. The molecule has 7 nitrogen and oxygen atoms in total. The minimum absolute atomic E-state index is 0.0378. The Balaban J connectivity index is 2.34. The Kier molecular flexibility index (Phi) is 3.92. The van der Waals surface area contributed by atoms with Crippen molar-refractivity contribution >= 4 is 10.0 Å². The SMILES string of the molecule is Cn1cncc1-c1nc(C(F)(F)F)cn1-c1ccccc1S(N)(=O)=O. The van der Waals surface area contributed by atoms with Crippen molar-refractivity contribution in [3.8, 4) is 17.2 Å². The van der Waals surface area contributed by atoms with E-state index in [-0.39, 0.29) is 22.1 Å². The molecule has 0 atom stereocenters. The van der Waals surface area contributed by atoms with Crippen LogP contribution in [0.4, 0.5) is 13.2 Å². The standard InChI is InChI=1S/C14H12F3N5O2S/c1-21-8-19-6-10(21)13-20-12(14(15,16)17)7-22(13)9-4-2-3-5-11(9)25(18,23)24/h2-8H,1H3,(H2,18,23,24). The largest absolute Gasteiger partial charge is 0.434 e. The summed E-state index contributed by atoms with van der Waals surface area (Å²) in [7, 11) is -2.57. The summed E-state index contributed by atoms with van der Waals surface area (Å²) in [6.07, 6.45) is -1.24. The fraction of sp³-hybridized carbons (Fsp3) is 0.143. The Labute approximate surface area is 140 Å². The van der Waals surface area contributed by atoms with Crippen LogP contribution in [0.5, 0.6) is 0 Å². The number of benzene rings is 1. The third-order valence-corrected chi connectivity index (χ3v) is 4.43. The lowest BCUT2D eigenvalue weighted by Gasteiger charge is -2.11. The van der Waals surface area contributed by atoms with Crippen LogP contribution in [0.1, 0.15) is 5.69 Å². The molecule has 25 heavy (non-hydrogen) atoms. The van der Waals surface area contributed by atoms with E-state index in [0.29, 0.717) is 0 Å². The monoisotopic (exact) mass is 371 g/mol. The number of para-hydroxylation sites is 1. The number of imidazole rings is 2. The van der Waals surface area contributed by atoms with Gasteiger partial charge in [-0.3, -0.25) is 4.57 Å². The van der Waals surface area contributed by atoms with Gasteiger partial charge in [-0.15, -0.1) is 0 Å². The molecule has 2 heterocycles. The minimum Gasteiger partial charge on any atom is -0.331 e. The smallest absolute Gasteiger partial charge is 0.331 e. The van der Waals surface area contributed by atoms with E-state index in [1.807, 2.05) is 0 Å². The van der Waals surface area contributed by atoms with Gasteiger partial charge in [-0.2, -0.15) is 13.2 Å². The van der Waals surface area contributed by atoms with E-state index in [4.69, 9.17) is 5.14 Å². The molecule has 0 amide bonds. The molecule has 3 rings (SSSR count). The highest BCUT2D eigenvalue weighted by Crippen LogP contribution is 2.33. The molecular formula is C14H12F3N5O2S. The molecule has 0 aliphatic rings. The number of hydrogen-bond acceptors (Lipinski definition) is 4. The van der Waals surface area contributed by atoms with Gasteiger partial charge < -0.3 is 4.57 Å². The van der Waals surface area contributed by atoms with Crippen LogP contribution in [0.3, 0.4) is 0 Å². The second-order valence-corrected chi connectivity index (χ2v) is 6.75. The number of alkyl halides is 3. The van der Waals surface area contributed by atoms with E-state index in [1.54, 1.807) is 7.05 Å². The van der Waals surface area contributed by atoms with Crippen molar-refractivity contribution in [1.29, 1.82) is 0 Å². The van der Waals surface area contributed by atoms with Crippen LogP contribution in [0.15, 0.2) is 47.9 Å². The van der Waals surface area contributed by atoms with Crippen LogP contribution < -0.4 is 5.14 Å². The van der Waals surface area contributed by atoms with Gasteiger partial charge in [0.2, 0.25) is 10.0 Å². The van der Waals surface area contributed by atoms with Crippen LogP contribution in [-0.2, 0) is 23.2 Å². The van der Waals surface area contributed by atoms with E-state index in [2.05, 4.69) is 9.97 Å². The number of hydrogen-bond donors (Lipinski definition) is 1. The molecule has 0 spiro atoms. The van der Waals surface area contributed by atoms with Gasteiger partial charge in [0.05, 0.1) is 18.2 Å². The second-order valence-electron chi connectivity index (χ2n) is 5.22. The highest BCUT2D eigenvalue weighted by Gasteiger charge is 2.36. The second kappa shape index (κ2) is 5.70. The van der Waals surface area contributed by atoms with E-state index in [0.717, 1.165) is 10.8 Å². The van der Waals surface area contributed by atoms with Crippen molar-refractivity contribution in [3.63, 3.8) is 0 Å². The Morgan fingerprint density at radius 1 is 1.20 bits per heavy atom. The summed E-state index contributed by atoms with van der Waals surface area (Å²) < 4.78 is 65.5. The number of primary sulfonamides is 1. The molecule has 0 unspecified atom stereocenters. The fourth-order valence-electron chi connectivity index (χ4n) is 2.35. The normalized spacial score (nSPS) is 12.5. The maximum Gasteiger partial charge on any atom is 0.434 e. The van der Waals surface area contributed by atoms with E-state index in [9.17, 15) is 21.6 Å². The first kappa shape index (κ1) is 17.2. The highest BCUT2D eigenvalue weighted by atomic mass is 32.2. The molecule has 2 aromatic heterocycles. The summed E-state index contributed by atoms with van der Waals surface area (Å²) in [6.45, 7) is 0. The van der Waals surface area contributed by atoms with Crippen molar-refractivity contribution in [1.82, 2.24) is 19.1 Å².